The smallest absolute Gasteiger partial charge is 0.137 e. The summed E-state index contributed by atoms with van der Waals surface area (Å²) in [5.74, 6) is 0.415. The van der Waals surface area contributed by atoms with Crippen LogP contribution in [0.2, 0.25) is 5.02 Å². The van der Waals surface area contributed by atoms with Crippen LogP contribution in [0, 0.1) is 6.92 Å². The van der Waals surface area contributed by atoms with Crippen molar-refractivity contribution in [3.05, 3.63) is 40.7 Å². The molecule has 2 rings (SSSR count). The Bertz CT molecular complexity index is 524. The van der Waals surface area contributed by atoms with Gasteiger partial charge in [-0.3, -0.25) is 0 Å². The van der Waals surface area contributed by atoms with Crippen LogP contribution >= 0.6 is 11.6 Å². The van der Waals surface area contributed by atoms with Crippen LogP contribution in [-0.4, -0.2) is 9.90 Å². The summed E-state index contributed by atoms with van der Waals surface area (Å²) >= 11 is 6.05. The van der Waals surface area contributed by atoms with Crippen molar-refractivity contribution in [3.8, 4) is 5.69 Å². The van der Waals surface area contributed by atoms with Gasteiger partial charge >= 0.3 is 0 Å². The average molecular weight is 251 g/mol. The zero-order valence-corrected chi connectivity index (χ0v) is 11.4. The van der Waals surface area contributed by atoms with Crippen molar-refractivity contribution in [1.82, 2.24) is 9.90 Å². The van der Waals surface area contributed by atoms with Crippen molar-refractivity contribution >= 4 is 11.6 Å². The highest BCUT2D eigenvalue weighted by atomic mass is 35.5. The Labute approximate surface area is 107 Å². The fourth-order valence-corrected chi connectivity index (χ4v) is 2.00. The Morgan fingerprint density at radius 2 is 2.06 bits per heavy atom. The van der Waals surface area contributed by atoms with E-state index in [1.54, 1.807) is 0 Å². The number of rotatable bonds is 2. The van der Waals surface area contributed by atoms with Gasteiger partial charge in [0.2, 0.25) is 0 Å². The molecule has 0 spiro atoms. The Hall–Kier alpha value is -1.35. The number of hydrogen-bond acceptors (Lipinski definition) is 1. The first-order valence-electron chi connectivity index (χ1n) is 5.71. The molecule has 2 aromatic rings. The molecule has 0 bridgehead atoms. The monoisotopic (exact) mass is 250 g/mol. The normalized spacial score (nSPS) is 11.2. The molecule has 0 fully saturated rings. The van der Waals surface area contributed by atoms with Gasteiger partial charge in [0.05, 0.1) is 5.21 Å². The van der Waals surface area contributed by atoms with E-state index in [1.165, 1.54) is 5.56 Å². The lowest BCUT2D eigenvalue weighted by Crippen LogP contribution is -2.34. The maximum Gasteiger partial charge on any atom is 0.164 e. The molecule has 4 heteroatoms. The first-order chi connectivity index (χ1) is 7.99. The summed E-state index contributed by atoms with van der Waals surface area (Å²) in [6.07, 6.45) is 2.02. The maximum absolute atomic E-state index is 6.05. The minimum absolute atomic E-state index is 0.415. The van der Waals surface area contributed by atoms with Crippen LogP contribution in [0.5, 0.6) is 0 Å². The molecule has 0 aliphatic heterocycles. The van der Waals surface area contributed by atoms with E-state index in [0.717, 1.165) is 16.4 Å². The van der Waals surface area contributed by atoms with Gasteiger partial charge in [0.25, 0.3) is 0 Å². The molecule has 90 valence electrons. The average Bonchev–Trinajstić information content (AvgIpc) is 2.59. The molecule has 17 heavy (non-hydrogen) atoms. The van der Waals surface area contributed by atoms with E-state index in [9.17, 15) is 0 Å². The van der Waals surface area contributed by atoms with Gasteiger partial charge in [-0.2, -0.15) is 0 Å². The van der Waals surface area contributed by atoms with E-state index in [1.807, 2.05) is 47.7 Å². The molecule has 1 heterocycles. The third kappa shape index (κ3) is 2.34. The summed E-state index contributed by atoms with van der Waals surface area (Å²) in [6, 6.07) is 5.93. The molecule has 0 saturated heterocycles. The second-order valence-corrected chi connectivity index (χ2v) is 5.02. The molecule has 3 nitrogen and oxygen atoms in total. The quantitative estimate of drug-likeness (QED) is 0.752. The van der Waals surface area contributed by atoms with Crippen LogP contribution in [0.25, 0.3) is 5.69 Å². The first kappa shape index (κ1) is 12.1. The van der Waals surface area contributed by atoms with Crippen molar-refractivity contribution in [2.75, 3.05) is 0 Å². The highest BCUT2D eigenvalue weighted by Gasteiger charge is 2.16. The minimum atomic E-state index is 0.415. The number of nitrogens with zero attached hydrogens (tertiary/aromatic N) is 3. The van der Waals surface area contributed by atoms with E-state index in [4.69, 9.17) is 11.6 Å². The van der Waals surface area contributed by atoms with E-state index < -0.39 is 0 Å². The summed E-state index contributed by atoms with van der Waals surface area (Å²) in [7, 11) is 1.94. The van der Waals surface area contributed by atoms with Gasteiger partial charge in [-0.1, -0.05) is 25.4 Å². The number of hydrogen-bond donors (Lipinski definition) is 0. The lowest BCUT2D eigenvalue weighted by molar-refractivity contribution is -0.662. The minimum Gasteiger partial charge on any atom is -0.137 e. The highest BCUT2D eigenvalue weighted by molar-refractivity contribution is 6.30. The van der Waals surface area contributed by atoms with Crippen molar-refractivity contribution in [2.24, 2.45) is 7.05 Å². The predicted octanol–water partition coefficient (Wildman–Crippen LogP) is 2.78. The Morgan fingerprint density at radius 1 is 1.35 bits per heavy atom. The number of aromatic nitrogens is 3. The first-order valence-corrected chi connectivity index (χ1v) is 6.09. The number of aryl methyl sites for hydroxylation is 2. The van der Waals surface area contributed by atoms with Crippen molar-refractivity contribution in [2.45, 2.75) is 26.7 Å². The number of benzene rings is 1. The molecule has 1 aromatic carbocycles. The zero-order valence-electron chi connectivity index (χ0n) is 10.6. The van der Waals surface area contributed by atoms with Crippen LogP contribution in [0.15, 0.2) is 24.4 Å². The van der Waals surface area contributed by atoms with E-state index in [2.05, 4.69) is 19.1 Å². The lowest BCUT2D eigenvalue weighted by Gasteiger charge is -2.08. The van der Waals surface area contributed by atoms with Gasteiger partial charge in [-0.15, -0.1) is 9.36 Å². The molecular weight excluding hydrogens is 234 g/mol. The van der Waals surface area contributed by atoms with Crippen molar-refractivity contribution < 1.29 is 4.68 Å². The second kappa shape index (κ2) is 4.49. The summed E-state index contributed by atoms with van der Waals surface area (Å²) < 4.78 is 3.76. The molecule has 0 aliphatic rings. The van der Waals surface area contributed by atoms with Gasteiger partial charge in [0.1, 0.15) is 7.05 Å². The molecule has 0 radical (unpaired) electrons. The second-order valence-electron chi connectivity index (χ2n) is 4.59. The van der Waals surface area contributed by atoms with Crippen LogP contribution in [0.4, 0.5) is 0 Å². The Morgan fingerprint density at radius 3 is 2.59 bits per heavy atom. The third-order valence-corrected chi connectivity index (χ3v) is 3.14. The van der Waals surface area contributed by atoms with E-state index >= 15 is 0 Å². The van der Waals surface area contributed by atoms with Crippen molar-refractivity contribution in [3.63, 3.8) is 0 Å². The Kier molecular flexibility index (Phi) is 3.20. The molecule has 0 N–H and O–H groups in total. The van der Waals surface area contributed by atoms with E-state index in [-0.39, 0.29) is 0 Å². The topological polar surface area (TPSA) is 21.7 Å². The lowest BCUT2D eigenvalue weighted by atomic mass is 10.0. The third-order valence-electron chi connectivity index (χ3n) is 2.91. The van der Waals surface area contributed by atoms with Crippen LogP contribution in [0.1, 0.15) is 31.0 Å². The molecule has 0 atom stereocenters. The molecule has 0 unspecified atom stereocenters. The highest BCUT2D eigenvalue weighted by Crippen LogP contribution is 2.23. The number of halogens is 1. The van der Waals surface area contributed by atoms with Crippen LogP contribution in [0.3, 0.4) is 0 Å². The summed E-state index contributed by atoms with van der Waals surface area (Å²) in [5.41, 5.74) is 3.42. The molecule has 0 saturated carbocycles. The fraction of sp³-hybridized carbons (Fsp3) is 0.385. The fourth-order valence-electron chi connectivity index (χ4n) is 1.82. The van der Waals surface area contributed by atoms with Gasteiger partial charge < -0.3 is 0 Å². The molecule has 0 aliphatic carbocycles. The zero-order chi connectivity index (χ0) is 12.6. The molecule has 1 aromatic heterocycles. The maximum atomic E-state index is 6.05. The predicted molar refractivity (Wildman–Crippen MR) is 68.6 cm³/mol. The summed E-state index contributed by atoms with van der Waals surface area (Å²) in [4.78, 5) is 0. The van der Waals surface area contributed by atoms with Gasteiger partial charge in [0.15, 0.2) is 17.6 Å². The largest absolute Gasteiger partial charge is 0.164 e. The van der Waals surface area contributed by atoms with Gasteiger partial charge in [-0.25, -0.2) is 0 Å². The summed E-state index contributed by atoms with van der Waals surface area (Å²) in [5, 5.41) is 5.21. The summed E-state index contributed by atoms with van der Waals surface area (Å²) in [6.45, 7) is 6.35. The van der Waals surface area contributed by atoms with Gasteiger partial charge in [0, 0.05) is 17.5 Å². The SMILES string of the molecule is Cc1c[n+](-c2ccc(Cl)cc2C(C)C)nn1C. The standard InChI is InChI=1S/C13H17ClN3/c1-9(2)12-7-11(14)5-6-13(12)17-8-10(3)16(4)15-17/h5-9H,1-4H3/q+1. The van der Waals surface area contributed by atoms with Gasteiger partial charge in [-0.05, 0) is 24.1 Å². The Balaban J connectivity index is 2.58. The van der Waals surface area contributed by atoms with Crippen LogP contribution < -0.4 is 4.68 Å². The van der Waals surface area contributed by atoms with E-state index in [0.29, 0.717) is 5.92 Å². The molecular formula is C13H17ClN3+. The van der Waals surface area contributed by atoms with Crippen molar-refractivity contribution in [1.29, 1.82) is 0 Å². The molecule has 0 amide bonds. The van der Waals surface area contributed by atoms with Crippen LogP contribution in [-0.2, 0) is 7.05 Å².